The molecule has 1 unspecified atom stereocenters. The van der Waals surface area contributed by atoms with Crippen LogP contribution in [0.25, 0.3) is 5.69 Å². The molecule has 0 amide bonds. The summed E-state index contributed by atoms with van der Waals surface area (Å²) in [6.07, 6.45) is 7.30. The number of hydrogen-bond acceptors (Lipinski definition) is 2. The van der Waals surface area contributed by atoms with Gasteiger partial charge in [0.1, 0.15) is 5.82 Å². The molecular formula is C17H22FN5. The van der Waals surface area contributed by atoms with Gasteiger partial charge in [-0.3, -0.25) is 0 Å². The normalized spacial score (nSPS) is 19.1. The van der Waals surface area contributed by atoms with Gasteiger partial charge in [-0.15, -0.1) is 0 Å². The van der Waals surface area contributed by atoms with Crippen LogP contribution in [-0.4, -0.2) is 33.5 Å². The monoisotopic (exact) mass is 315 g/mol. The second kappa shape index (κ2) is 6.81. The lowest BCUT2D eigenvalue weighted by atomic mass is 10.0. The third-order valence-corrected chi connectivity index (χ3v) is 4.20. The Bertz CT molecular complexity index is 680. The number of imidazole rings is 1. The third kappa shape index (κ3) is 3.70. The number of hydrogen-bond donors (Lipinski definition) is 1. The van der Waals surface area contributed by atoms with Crippen molar-refractivity contribution in [1.82, 2.24) is 14.5 Å². The van der Waals surface area contributed by atoms with Gasteiger partial charge in [-0.05, 0) is 36.5 Å². The molecule has 1 aromatic carbocycles. The summed E-state index contributed by atoms with van der Waals surface area (Å²) in [6, 6.07) is 5.11. The van der Waals surface area contributed by atoms with E-state index in [1.54, 1.807) is 29.4 Å². The van der Waals surface area contributed by atoms with Crippen LogP contribution >= 0.6 is 0 Å². The number of halogens is 1. The van der Waals surface area contributed by atoms with Crippen LogP contribution in [-0.2, 0) is 6.54 Å². The van der Waals surface area contributed by atoms with E-state index in [1.807, 2.05) is 6.07 Å². The van der Waals surface area contributed by atoms with Crippen molar-refractivity contribution < 1.29 is 4.39 Å². The van der Waals surface area contributed by atoms with Gasteiger partial charge in [0.05, 0.1) is 18.6 Å². The fraction of sp³-hybridized carbons (Fsp3) is 0.412. The van der Waals surface area contributed by atoms with Gasteiger partial charge in [0.2, 0.25) is 0 Å². The first-order valence-corrected chi connectivity index (χ1v) is 7.95. The lowest BCUT2D eigenvalue weighted by Crippen LogP contribution is -2.43. The number of rotatable bonds is 3. The maximum atomic E-state index is 14.2. The lowest BCUT2D eigenvalue weighted by molar-refractivity contribution is 0.270. The van der Waals surface area contributed by atoms with Crippen LogP contribution in [0.15, 0.2) is 41.9 Å². The van der Waals surface area contributed by atoms with Gasteiger partial charge in [0.15, 0.2) is 5.96 Å². The Hall–Kier alpha value is -2.37. The van der Waals surface area contributed by atoms with Crippen molar-refractivity contribution in [3.8, 4) is 5.69 Å². The Labute approximate surface area is 135 Å². The van der Waals surface area contributed by atoms with Crippen LogP contribution in [0, 0.1) is 11.7 Å². The van der Waals surface area contributed by atoms with E-state index < -0.39 is 0 Å². The summed E-state index contributed by atoms with van der Waals surface area (Å²) in [6.45, 7) is 4.51. The molecule has 0 spiro atoms. The standard InChI is InChI=1S/C17H22FN5/c1-13-3-2-7-22(11-13)17(19)21-10-14-4-5-16(15(18)9-14)23-8-6-20-12-23/h4-6,8-9,12-13H,2-3,7,10-11H2,1H3,(H2,19,21). The van der Waals surface area contributed by atoms with E-state index >= 15 is 0 Å². The highest BCUT2D eigenvalue weighted by Gasteiger charge is 2.17. The summed E-state index contributed by atoms with van der Waals surface area (Å²) in [7, 11) is 0. The van der Waals surface area contributed by atoms with Crippen LogP contribution in [0.1, 0.15) is 25.3 Å². The zero-order chi connectivity index (χ0) is 16.2. The van der Waals surface area contributed by atoms with Gasteiger partial charge in [-0.25, -0.2) is 14.4 Å². The smallest absolute Gasteiger partial charge is 0.191 e. The molecule has 0 bridgehead atoms. The Morgan fingerprint density at radius 1 is 1.48 bits per heavy atom. The first-order valence-electron chi connectivity index (χ1n) is 7.95. The van der Waals surface area contributed by atoms with E-state index in [0.29, 0.717) is 24.1 Å². The molecule has 1 aliphatic rings. The number of aromatic nitrogens is 2. The molecule has 6 heteroatoms. The highest BCUT2D eigenvalue weighted by Crippen LogP contribution is 2.17. The Balaban J connectivity index is 1.68. The number of aliphatic imine (C=N–C) groups is 1. The van der Waals surface area contributed by atoms with Gasteiger partial charge < -0.3 is 15.2 Å². The predicted octanol–water partition coefficient (Wildman–Crippen LogP) is 2.56. The maximum absolute atomic E-state index is 14.2. The zero-order valence-electron chi connectivity index (χ0n) is 13.3. The van der Waals surface area contributed by atoms with Crippen LogP contribution in [0.3, 0.4) is 0 Å². The van der Waals surface area contributed by atoms with Crippen molar-refractivity contribution >= 4 is 5.96 Å². The number of guanidine groups is 1. The molecule has 1 fully saturated rings. The molecule has 2 aromatic rings. The van der Waals surface area contributed by atoms with Gasteiger partial charge in [-0.1, -0.05) is 13.0 Å². The predicted molar refractivity (Wildman–Crippen MR) is 88.8 cm³/mol. The fourth-order valence-electron chi connectivity index (χ4n) is 2.93. The summed E-state index contributed by atoms with van der Waals surface area (Å²) in [4.78, 5) is 10.5. The minimum Gasteiger partial charge on any atom is -0.370 e. The minimum atomic E-state index is -0.291. The molecule has 1 atom stereocenters. The number of piperidine rings is 1. The number of benzene rings is 1. The average molecular weight is 315 g/mol. The minimum absolute atomic E-state index is 0.291. The Morgan fingerprint density at radius 3 is 3.04 bits per heavy atom. The Morgan fingerprint density at radius 2 is 2.35 bits per heavy atom. The molecular weight excluding hydrogens is 293 g/mol. The highest BCUT2D eigenvalue weighted by atomic mass is 19.1. The summed E-state index contributed by atoms with van der Waals surface area (Å²) in [5.41, 5.74) is 7.36. The van der Waals surface area contributed by atoms with Crippen molar-refractivity contribution in [2.75, 3.05) is 13.1 Å². The summed E-state index contributed by atoms with van der Waals surface area (Å²) >= 11 is 0. The van der Waals surface area contributed by atoms with Gasteiger partial charge in [0, 0.05) is 25.5 Å². The average Bonchev–Trinajstić information content (AvgIpc) is 3.07. The van der Waals surface area contributed by atoms with Crippen LogP contribution in [0.2, 0.25) is 0 Å². The molecule has 5 nitrogen and oxygen atoms in total. The van der Waals surface area contributed by atoms with Crippen molar-refractivity contribution in [3.63, 3.8) is 0 Å². The van der Waals surface area contributed by atoms with E-state index in [1.165, 1.54) is 12.5 Å². The molecule has 122 valence electrons. The molecule has 2 N–H and O–H groups in total. The number of nitrogens with zero attached hydrogens (tertiary/aromatic N) is 4. The maximum Gasteiger partial charge on any atom is 0.191 e. The van der Waals surface area contributed by atoms with Gasteiger partial charge in [0.25, 0.3) is 0 Å². The summed E-state index contributed by atoms with van der Waals surface area (Å²) in [5, 5.41) is 0. The van der Waals surface area contributed by atoms with Gasteiger partial charge in [-0.2, -0.15) is 0 Å². The van der Waals surface area contributed by atoms with Crippen molar-refractivity contribution in [2.24, 2.45) is 16.6 Å². The summed E-state index contributed by atoms with van der Waals surface area (Å²) in [5.74, 6) is 0.904. The SMILES string of the molecule is CC1CCCN(C(N)=NCc2ccc(-n3ccnc3)c(F)c2)C1. The second-order valence-corrected chi connectivity index (χ2v) is 6.12. The zero-order valence-corrected chi connectivity index (χ0v) is 13.3. The topological polar surface area (TPSA) is 59.4 Å². The molecule has 1 saturated heterocycles. The van der Waals surface area contributed by atoms with Crippen molar-refractivity contribution in [1.29, 1.82) is 0 Å². The lowest BCUT2D eigenvalue weighted by Gasteiger charge is -2.31. The first-order chi connectivity index (χ1) is 11.1. The molecule has 0 saturated carbocycles. The molecule has 0 radical (unpaired) electrons. The fourth-order valence-corrected chi connectivity index (χ4v) is 2.93. The molecule has 1 aliphatic heterocycles. The molecule has 3 rings (SSSR count). The largest absolute Gasteiger partial charge is 0.370 e. The molecule has 23 heavy (non-hydrogen) atoms. The van der Waals surface area contributed by atoms with Crippen LogP contribution in [0.4, 0.5) is 4.39 Å². The Kier molecular flexibility index (Phi) is 4.60. The first kappa shape index (κ1) is 15.5. The summed E-state index contributed by atoms with van der Waals surface area (Å²) < 4.78 is 15.8. The van der Waals surface area contributed by atoms with E-state index in [-0.39, 0.29) is 5.82 Å². The van der Waals surface area contributed by atoms with Crippen molar-refractivity contribution in [2.45, 2.75) is 26.3 Å². The molecule has 1 aromatic heterocycles. The molecule has 0 aliphatic carbocycles. The second-order valence-electron chi connectivity index (χ2n) is 6.12. The molecule has 2 heterocycles. The number of nitrogens with two attached hydrogens (primary N) is 1. The van der Waals surface area contributed by atoms with Crippen molar-refractivity contribution in [3.05, 3.63) is 48.3 Å². The van der Waals surface area contributed by atoms with E-state index in [4.69, 9.17) is 5.73 Å². The van der Waals surface area contributed by atoms with E-state index in [0.717, 1.165) is 25.1 Å². The highest BCUT2D eigenvalue weighted by molar-refractivity contribution is 5.78. The van der Waals surface area contributed by atoms with E-state index in [9.17, 15) is 4.39 Å². The third-order valence-electron chi connectivity index (χ3n) is 4.20. The van der Waals surface area contributed by atoms with Crippen LogP contribution in [0.5, 0.6) is 0 Å². The van der Waals surface area contributed by atoms with Crippen LogP contribution < -0.4 is 5.73 Å². The van der Waals surface area contributed by atoms with Gasteiger partial charge >= 0.3 is 0 Å². The number of likely N-dealkylation sites (tertiary alicyclic amines) is 1. The quantitative estimate of drug-likeness (QED) is 0.699. The van der Waals surface area contributed by atoms with E-state index in [2.05, 4.69) is 21.8 Å².